The third kappa shape index (κ3) is 18.7. The Bertz CT molecular complexity index is 683. The fourth-order valence-electron chi connectivity index (χ4n) is 2.27. The summed E-state index contributed by atoms with van der Waals surface area (Å²) in [7, 11) is 6.47. The van der Waals surface area contributed by atoms with E-state index in [1.807, 2.05) is 0 Å². The maximum atomic E-state index is 11.1. The average molecular weight is 601 g/mol. The minimum absolute atomic E-state index is 0. The number of aliphatic hydroxyl groups is 8. The number of ether oxygens (including phenoxy) is 2. The normalized spacial score (nSPS) is 17.2. The fourth-order valence-corrected chi connectivity index (χ4v) is 2.27. The quantitative estimate of drug-likeness (QED) is 0.0602. The molecule has 0 aliphatic carbocycles. The molecule has 0 aliphatic rings. The summed E-state index contributed by atoms with van der Waals surface area (Å²) in [5.41, 5.74) is 0. The second-order valence-electron chi connectivity index (χ2n) is 8.47. The van der Waals surface area contributed by atoms with E-state index in [-0.39, 0.29) is 50.8 Å². The number of carbonyl (C=O) groups is 4. The molecule has 0 radical (unpaired) electrons. The molecule has 0 aromatic carbocycles. The number of carboxylic acid groups (broad SMARTS) is 2. The Morgan fingerprint density at radius 2 is 0.846 bits per heavy atom. The van der Waals surface area contributed by atoms with Crippen molar-refractivity contribution in [1.82, 2.24) is 9.80 Å². The number of carboxylic acids is 2. The Morgan fingerprint density at radius 1 is 0.590 bits per heavy atom. The minimum atomic E-state index is -2.36. The summed E-state index contributed by atoms with van der Waals surface area (Å²) in [6.07, 6.45) is -16.5. The molecule has 0 bridgehead atoms. The minimum Gasteiger partial charge on any atom is -0.547 e. The Balaban J connectivity index is -0.000000648. The number of rotatable bonds is 16. The van der Waals surface area contributed by atoms with E-state index in [4.69, 9.17) is 10.2 Å². The van der Waals surface area contributed by atoms with Crippen LogP contribution in [0.25, 0.3) is 0 Å². The summed E-state index contributed by atoms with van der Waals surface area (Å²) < 4.78 is 9.16. The van der Waals surface area contributed by atoms with E-state index in [9.17, 15) is 60.0 Å². The van der Waals surface area contributed by atoms with Crippen LogP contribution in [-0.2, 0) is 28.7 Å². The molecule has 0 rings (SSSR count). The predicted molar refractivity (Wildman–Crippen MR) is 123 cm³/mol. The summed E-state index contributed by atoms with van der Waals surface area (Å²) in [6, 6.07) is 0. The van der Waals surface area contributed by atoms with Crippen LogP contribution in [0.2, 0.25) is 0 Å². The van der Waals surface area contributed by atoms with Crippen LogP contribution >= 0.6 is 0 Å². The van der Waals surface area contributed by atoms with Gasteiger partial charge in [-0.25, -0.2) is 0 Å². The number of esters is 2. The molecule has 0 unspecified atom stereocenters. The molecule has 224 valence electrons. The van der Waals surface area contributed by atoms with Gasteiger partial charge in [0.15, 0.2) is 0 Å². The van der Waals surface area contributed by atoms with Gasteiger partial charge in [-0.2, -0.15) is 0 Å². The van der Waals surface area contributed by atoms with E-state index in [0.717, 1.165) is 0 Å². The Morgan fingerprint density at radius 3 is 1.05 bits per heavy atom. The molecule has 8 atom stereocenters. The fraction of sp³-hybridized carbons (Fsp3) is 0.800. The summed E-state index contributed by atoms with van der Waals surface area (Å²) in [5, 5.41) is 94.2. The number of carbonyl (C=O) groups excluding carboxylic acids is 4. The molecule has 0 aliphatic heterocycles. The number of nitrogens with zero attached hydrogens (tertiary/aromatic N) is 2. The van der Waals surface area contributed by atoms with Crippen molar-refractivity contribution in [2.24, 2.45) is 0 Å². The van der Waals surface area contributed by atoms with Gasteiger partial charge in [0.05, 0.1) is 25.0 Å². The molecule has 0 saturated carbocycles. The molecule has 0 fully saturated rings. The number of aliphatic carboxylic acids is 2. The third-order valence-electron chi connectivity index (χ3n) is 4.34. The molecule has 18 nitrogen and oxygen atoms in total. The maximum absolute atomic E-state index is 11.1. The summed E-state index contributed by atoms with van der Waals surface area (Å²) in [4.78, 5) is 45.8. The molecule has 0 heterocycles. The van der Waals surface area contributed by atoms with E-state index in [1.54, 1.807) is 28.2 Å². The third-order valence-corrected chi connectivity index (χ3v) is 4.34. The monoisotopic (exact) mass is 600 g/mol. The van der Waals surface area contributed by atoms with Crippen molar-refractivity contribution in [2.75, 3.05) is 54.5 Å². The van der Waals surface area contributed by atoms with Gasteiger partial charge in [-0.1, -0.05) is 0 Å². The van der Waals surface area contributed by atoms with Crippen LogP contribution in [0.4, 0.5) is 0 Å². The van der Waals surface area contributed by atoms with Gasteiger partial charge in [-0.05, 0) is 28.2 Å². The Kier molecular flexibility index (Phi) is 23.2. The van der Waals surface area contributed by atoms with Gasteiger partial charge in [0.1, 0.15) is 62.0 Å². The van der Waals surface area contributed by atoms with Gasteiger partial charge < -0.3 is 70.1 Å². The molecule has 39 heavy (non-hydrogen) atoms. The second-order valence-corrected chi connectivity index (χ2v) is 8.47. The summed E-state index contributed by atoms with van der Waals surface area (Å²) >= 11 is 0. The van der Waals surface area contributed by atoms with Crippen molar-refractivity contribution in [2.45, 2.75) is 48.8 Å². The van der Waals surface area contributed by atoms with Crippen molar-refractivity contribution >= 4 is 61.6 Å². The first kappa shape index (κ1) is 42.2. The topological polar surface area (TPSA) is 301 Å². The molecule has 0 aromatic rings. The largest absolute Gasteiger partial charge is 2.00 e. The predicted octanol–water partition coefficient (Wildman–Crippen LogP) is -9.81. The van der Waals surface area contributed by atoms with Crippen LogP contribution in [0.15, 0.2) is 0 Å². The number of hydrogen-bond acceptors (Lipinski definition) is 18. The van der Waals surface area contributed by atoms with Crippen LogP contribution in [0, 0.1) is 0 Å². The maximum Gasteiger partial charge on any atom is 2.00 e. The van der Waals surface area contributed by atoms with Crippen LogP contribution in [0.3, 0.4) is 0 Å². The number of aliphatic hydroxyl groups excluding tert-OH is 8. The molecular formula is C20H36CaN2O16. The van der Waals surface area contributed by atoms with Crippen molar-refractivity contribution in [3.8, 4) is 0 Å². The summed E-state index contributed by atoms with van der Waals surface area (Å²) in [6.45, 7) is -1.39. The first-order chi connectivity index (χ1) is 17.3. The van der Waals surface area contributed by atoms with E-state index in [2.05, 4.69) is 9.47 Å². The van der Waals surface area contributed by atoms with Gasteiger partial charge in [0.25, 0.3) is 0 Å². The van der Waals surface area contributed by atoms with Gasteiger partial charge in [-0.3, -0.25) is 19.4 Å². The van der Waals surface area contributed by atoms with Crippen LogP contribution in [0.1, 0.15) is 0 Å². The van der Waals surface area contributed by atoms with E-state index in [0.29, 0.717) is 0 Å². The molecular weight excluding hydrogens is 564 g/mol. The zero-order chi connectivity index (χ0) is 30.3. The molecule has 0 aromatic heterocycles. The van der Waals surface area contributed by atoms with Gasteiger partial charge in [0, 0.05) is 0 Å². The Labute approximate surface area is 253 Å². The zero-order valence-electron chi connectivity index (χ0n) is 21.9. The van der Waals surface area contributed by atoms with Gasteiger partial charge in [0.2, 0.25) is 0 Å². The van der Waals surface area contributed by atoms with Crippen molar-refractivity contribution < 1.29 is 79.7 Å². The van der Waals surface area contributed by atoms with Crippen LogP contribution < -0.4 is 10.2 Å². The van der Waals surface area contributed by atoms with Gasteiger partial charge >= 0.3 is 49.7 Å². The average Bonchev–Trinajstić information content (AvgIpc) is 2.82. The SMILES string of the molecule is CN(C)CC(=O)OC[C@H](O)[C@H](O)[C@@H](O)[C@H](O)C(=O)[O-].CN(C)CC(=O)OC[C@H](O)[C@H](O)[C@@H](O)[C@H](O)C(=O)[O-].[Ca+2]. The molecule has 8 N–H and O–H groups in total. The van der Waals surface area contributed by atoms with Crippen LogP contribution in [-0.4, -0.2) is 216 Å². The first-order valence-corrected chi connectivity index (χ1v) is 10.8. The first-order valence-electron chi connectivity index (χ1n) is 10.8. The van der Waals surface area contributed by atoms with E-state index < -0.39 is 85.9 Å². The van der Waals surface area contributed by atoms with E-state index in [1.165, 1.54) is 9.80 Å². The molecule has 0 amide bonds. The van der Waals surface area contributed by atoms with E-state index >= 15 is 0 Å². The van der Waals surface area contributed by atoms with Crippen molar-refractivity contribution in [3.63, 3.8) is 0 Å². The smallest absolute Gasteiger partial charge is 0.547 e. The number of hydrogen-bond donors (Lipinski definition) is 8. The van der Waals surface area contributed by atoms with Crippen LogP contribution in [0.5, 0.6) is 0 Å². The molecule has 19 heteroatoms. The zero-order valence-corrected chi connectivity index (χ0v) is 24.1. The molecule has 0 saturated heterocycles. The Hall–Kier alpha value is -1.26. The summed E-state index contributed by atoms with van der Waals surface area (Å²) in [5.74, 6) is -5.34. The second kappa shape index (κ2) is 21.5. The van der Waals surface area contributed by atoms with Gasteiger partial charge in [-0.15, -0.1) is 0 Å². The van der Waals surface area contributed by atoms with Crippen molar-refractivity contribution in [1.29, 1.82) is 0 Å². The van der Waals surface area contributed by atoms with Crippen molar-refractivity contribution in [3.05, 3.63) is 0 Å². The standard InChI is InChI=1S/2C10H19NO8.Ca/c2*1-11(2)3-6(13)19-4-5(12)7(14)8(15)9(16)10(17)18;/h2*5,7-9,12,14-16H,3-4H2,1-2H3,(H,17,18);/q;;+2/p-2/t2*5-,7-,8+,9-;/m00./s1. The molecule has 0 spiro atoms. The number of likely N-dealkylation sites (N-methyl/N-ethyl adjacent to an activating group) is 2.